The van der Waals surface area contributed by atoms with Crippen LogP contribution in [0.3, 0.4) is 0 Å². The Morgan fingerprint density at radius 2 is 1.75 bits per heavy atom. The van der Waals surface area contributed by atoms with Crippen molar-refractivity contribution in [2.24, 2.45) is 11.8 Å². The normalized spacial score (nSPS) is 19.3. The lowest BCUT2D eigenvalue weighted by molar-refractivity contribution is -0.146. The molecular weight excluding hydrogens is 308 g/mol. The Bertz CT molecular complexity index is 664. The van der Waals surface area contributed by atoms with Gasteiger partial charge in [0.2, 0.25) is 5.91 Å². The molecule has 1 aromatic rings. The van der Waals surface area contributed by atoms with Crippen LogP contribution in [0.25, 0.3) is 0 Å². The van der Waals surface area contributed by atoms with E-state index in [4.69, 9.17) is 0 Å². The molecule has 1 aliphatic rings. The van der Waals surface area contributed by atoms with Gasteiger partial charge in [0.25, 0.3) is 5.91 Å². The molecule has 0 saturated heterocycles. The maximum Gasteiger partial charge on any atom is 0.307 e. The Kier molecular flexibility index (Phi) is 5.89. The number of carboxylic acids is 1. The molecule has 1 aromatic carbocycles. The highest BCUT2D eigenvalue weighted by Crippen LogP contribution is 2.27. The molecule has 126 valence electrons. The van der Waals surface area contributed by atoms with Gasteiger partial charge in [-0.3, -0.25) is 14.4 Å². The van der Waals surface area contributed by atoms with Crippen LogP contribution in [0.1, 0.15) is 23.2 Å². The molecule has 0 aliphatic heterocycles. The molecule has 0 unspecified atom stereocenters. The summed E-state index contributed by atoms with van der Waals surface area (Å²) in [6.07, 6.45) is 5.97. The van der Waals surface area contributed by atoms with E-state index in [0.29, 0.717) is 30.6 Å². The molecule has 1 aliphatic carbocycles. The van der Waals surface area contributed by atoms with E-state index >= 15 is 0 Å². The van der Waals surface area contributed by atoms with Crippen molar-refractivity contribution in [2.75, 3.05) is 11.9 Å². The number of benzene rings is 1. The molecule has 0 fully saturated rings. The standard InChI is InChI=1S/C18H20N2O4/c1-2-11-19-16(21)12-7-9-13(10-8-12)20-17(22)14-5-3-4-6-15(14)18(23)24/h2-4,7-10,14-15H,1,5-6,11H2,(H,19,21)(H,20,22)(H,23,24)/t14-,15-/m1/s1. The summed E-state index contributed by atoms with van der Waals surface area (Å²) in [6.45, 7) is 3.91. The van der Waals surface area contributed by atoms with Crippen LogP contribution < -0.4 is 10.6 Å². The van der Waals surface area contributed by atoms with Crippen LogP contribution >= 0.6 is 0 Å². The van der Waals surface area contributed by atoms with E-state index in [1.54, 1.807) is 36.4 Å². The van der Waals surface area contributed by atoms with Gasteiger partial charge in [0.1, 0.15) is 0 Å². The Balaban J connectivity index is 2.01. The summed E-state index contributed by atoms with van der Waals surface area (Å²) < 4.78 is 0. The zero-order valence-electron chi connectivity index (χ0n) is 13.2. The largest absolute Gasteiger partial charge is 0.481 e. The Morgan fingerprint density at radius 1 is 1.12 bits per heavy atom. The monoisotopic (exact) mass is 328 g/mol. The maximum absolute atomic E-state index is 12.3. The van der Waals surface area contributed by atoms with Gasteiger partial charge in [-0.2, -0.15) is 0 Å². The number of carbonyl (C=O) groups excluding carboxylic acids is 2. The van der Waals surface area contributed by atoms with E-state index in [2.05, 4.69) is 17.2 Å². The van der Waals surface area contributed by atoms with Gasteiger partial charge in [0.15, 0.2) is 0 Å². The van der Waals surface area contributed by atoms with Crippen LogP contribution in [0, 0.1) is 11.8 Å². The minimum atomic E-state index is -0.964. The van der Waals surface area contributed by atoms with Gasteiger partial charge < -0.3 is 15.7 Å². The van der Waals surface area contributed by atoms with Crippen molar-refractivity contribution in [1.29, 1.82) is 0 Å². The smallest absolute Gasteiger partial charge is 0.307 e. The Hall–Kier alpha value is -2.89. The van der Waals surface area contributed by atoms with Crippen LogP contribution in [-0.2, 0) is 9.59 Å². The lowest BCUT2D eigenvalue weighted by Crippen LogP contribution is -2.34. The number of allylic oxidation sites excluding steroid dienone is 2. The van der Waals surface area contributed by atoms with Crippen LogP contribution in [-0.4, -0.2) is 29.4 Å². The molecule has 6 heteroatoms. The van der Waals surface area contributed by atoms with Crippen molar-refractivity contribution in [3.05, 3.63) is 54.6 Å². The maximum atomic E-state index is 12.3. The molecule has 0 saturated carbocycles. The summed E-state index contributed by atoms with van der Waals surface area (Å²) in [7, 11) is 0. The molecule has 0 heterocycles. The first-order chi connectivity index (χ1) is 11.5. The lowest BCUT2D eigenvalue weighted by atomic mass is 9.82. The first kappa shape index (κ1) is 17.5. The number of rotatable bonds is 6. The van der Waals surface area contributed by atoms with Gasteiger partial charge in [-0.15, -0.1) is 6.58 Å². The number of anilines is 1. The van der Waals surface area contributed by atoms with Crippen molar-refractivity contribution < 1.29 is 19.5 Å². The molecule has 2 amide bonds. The summed E-state index contributed by atoms with van der Waals surface area (Å²) >= 11 is 0. The first-order valence-electron chi connectivity index (χ1n) is 7.70. The summed E-state index contributed by atoms with van der Waals surface area (Å²) in [4.78, 5) is 35.4. The number of nitrogens with one attached hydrogen (secondary N) is 2. The van der Waals surface area contributed by atoms with Crippen molar-refractivity contribution in [1.82, 2.24) is 5.32 Å². The van der Waals surface area contributed by atoms with Crippen molar-refractivity contribution in [3.63, 3.8) is 0 Å². The highest BCUT2D eigenvalue weighted by molar-refractivity contribution is 5.97. The molecule has 3 N–H and O–H groups in total. The van der Waals surface area contributed by atoms with Crippen molar-refractivity contribution in [3.8, 4) is 0 Å². The van der Waals surface area contributed by atoms with Crippen LogP contribution in [0.2, 0.25) is 0 Å². The van der Waals surface area contributed by atoms with Crippen LogP contribution in [0.4, 0.5) is 5.69 Å². The molecule has 0 spiro atoms. The van der Waals surface area contributed by atoms with E-state index in [-0.39, 0.29) is 11.8 Å². The zero-order chi connectivity index (χ0) is 17.5. The van der Waals surface area contributed by atoms with Crippen molar-refractivity contribution >= 4 is 23.5 Å². The number of amides is 2. The predicted molar refractivity (Wildman–Crippen MR) is 90.6 cm³/mol. The van der Waals surface area contributed by atoms with Crippen LogP contribution in [0.5, 0.6) is 0 Å². The fourth-order valence-corrected chi connectivity index (χ4v) is 2.58. The quantitative estimate of drug-likeness (QED) is 0.698. The molecule has 6 nitrogen and oxygen atoms in total. The highest BCUT2D eigenvalue weighted by atomic mass is 16.4. The summed E-state index contributed by atoms with van der Waals surface area (Å²) in [5.41, 5.74) is 0.998. The second kappa shape index (κ2) is 8.10. The van der Waals surface area contributed by atoms with E-state index in [1.165, 1.54) is 0 Å². The summed E-state index contributed by atoms with van der Waals surface area (Å²) in [6, 6.07) is 6.44. The van der Waals surface area contributed by atoms with Gasteiger partial charge in [-0.05, 0) is 37.1 Å². The third-order valence-electron chi connectivity index (χ3n) is 3.91. The minimum absolute atomic E-state index is 0.226. The lowest BCUT2D eigenvalue weighted by Gasteiger charge is -2.24. The van der Waals surface area contributed by atoms with Gasteiger partial charge in [0.05, 0.1) is 11.8 Å². The van der Waals surface area contributed by atoms with Gasteiger partial charge in [-0.1, -0.05) is 18.2 Å². The van der Waals surface area contributed by atoms with Gasteiger partial charge >= 0.3 is 5.97 Å². The number of aliphatic carboxylic acids is 1. The minimum Gasteiger partial charge on any atom is -0.481 e. The predicted octanol–water partition coefficient (Wildman–Crippen LogP) is 2.21. The number of carbonyl (C=O) groups is 3. The SMILES string of the molecule is C=CCNC(=O)c1ccc(NC(=O)[C@@H]2CC=CC[C@H]2C(=O)O)cc1. The number of carboxylic acid groups (broad SMARTS) is 1. The van der Waals surface area contributed by atoms with Crippen molar-refractivity contribution in [2.45, 2.75) is 12.8 Å². The second-order valence-corrected chi connectivity index (χ2v) is 5.56. The van der Waals surface area contributed by atoms with Gasteiger partial charge in [0, 0.05) is 17.8 Å². The molecule has 0 bridgehead atoms. The van der Waals surface area contributed by atoms with E-state index in [9.17, 15) is 19.5 Å². The Labute approximate surface area is 140 Å². The van der Waals surface area contributed by atoms with Crippen LogP contribution in [0.15, 0.2) is 49.1 Å². The molecule has 0 aromatic heterocycles. The molecule has 2 atom stereocenters. The summed E-state index contributed by atoms with van der Waals surface area (Å²) in [5, 5.41) is 14.6. The third-order valence-corrected chi connectivity index (χ3v) is 3.91. The average molecular weight is 328 g/mol. The summed E-state index contributed by atoms with van der Waals surface area (Å²) in [5.74, 6) is -2.82. The highest BCUT2D eigenvalue weighted by Gasteiger charge is 2.33. The third kappa shape index (κ3) is 4.32. The topological polar surface area (TPSA) is 95.5 Å². The number of hydrogen-bond acceptors (Lipinski definition) is 3. The second-order valence-electron chi connectivity index (χ2n) is 5.56. The number of hydrogen-bond donors (Lipinski definition) is 3. The average Bonchev–Trinajstić information content (AvgIpc) is 2.60. The first-order valence-corrected chi connectivity index (χ1v) is 7.70. The molecule has 2 rings (SSSR count). The van der Waals surface area contributed by atoms with Gasteiger partial charge in [-0.25, -0.2) is 0 Å². The fraction of sp³-hybridized carbons (Fsp3) is 0.278. The fourth-order valence-electron chi connectivity index (χ4n) is 2.58. The van der Waals surface area contributed by atoms with E-state index in [0.717, 1.165) is 0 Å². The molecule has 24 heavy (non-hydrogen) atoms. The van der Waals surface area contributed by atoms with E-state index < -0.39 is 17.8 Å². The molecular formula is C18H20N2O4. The van der Waals surface area contributed by atoms with E-state index in [1.807, 2.05) is 6.08 Å². The molecule has 0 radical (unpaired) electrons. The zero-order valence-corrected chi connectivity index (χ0v) is 13.2. The Morgan fingerprint density at radius 3 is 2.33 bits per heavy atom.